The minimum absolute atomic E-state index is 0.0904. The standard InChI is InChI=1S/C10H5F3N2S/c11-6-2-8(13)7(12)1-5(6)9-3-10(16)15-4-14-9/h1-4H,(H,14,15,16). The zero-order valence-corrected chi connectivity index (χ0v) is 8.62. The van der Waals surface area contributed by atoms with Gasteiger partial charge in [0.2, 0.25) is 0 Å². The van der Waals surface area contributed by atoms with E-state index in [-0.39, 0.29) is 15.9 Å². The molecule has 0 spiro atoms. The highest BCUT2D eigenvalue weighted by Crippen LogP contribution is 2.22. The zero-order valence-electron chi connectivity index (χ0n) is 7.80. The molecule has 2 rings (SSSR count). The van der Waals surface area contributed by atoms with E-state index in [9.17, 15) is 13.2 Å². The zero-order chi connectivity index (χ0) is 11.7. The Morgan fingerprint density at radius 2 is 1.69 bits per heavy atom. The van der Waals surface area contributed by atoms with Crippen LogP contribution in [0, 0.1) is 22.1 Å². The molecule has 0 saturated heterocycles. The Morgan fingerprint density at radius 1 is 1.00 bits per heavy atom. The van der Waals surface area contributed by atoms with Gasteiger partial charge in [0.15, 0.2) is 11.6 Å². The Bertz CT molecular complexity index is 595. The van der Waals surface area contributed by atoms with Crippen LogP contribution in [0.3, 0.4) is 0 Å². The molecule has 0 aliphatic rings. The predicted octanol–water partition coefficient (Wildman–Crippen LogP) is 3.22. The molecule has 0 radical (unpaired) electrons. The number of nitrogens with zero attached hydrogens (tertiary/aromatic N) is 1. The Kier molecular flexibility index (Phi) is 2.74. The molecule has 2 aromatic rings. The van der Waals surface area contributed by atoms with Gasteiger partial charge in [-0.05, 0) is 12.1 Å². The molecule has 1 heterocycles. The fourth-order valence-corrected chi connectivity index (χ4v) is 1.42. The number of benzene rings is 1. The van der Waals surface area contributed by atoms with Crippen molar-refractivity contribution in [2.24, 2.45) is 0 Å². The van der Waals surface area contributed by atoms with Crippen LogP contribution in [0.2, 0.25) is 0 Å². The van der Waals surface area contributed by atoms with Crippen molar-refractivity contribution in [3.8, 4) is 11.3 Å². The fraction of sp³-hybridized carbons (Fsp3) is 0. The number of aromatic amines is 1. The number of rotatable bonds is 1. The maximum atomic E-state index is 13.4. The lowest BCUT2D eigenvalue weighted by molar-refractivity contribution is 0.496. The van der Waals surface area contributed by atoms with Crippen LogP contribution < -0.4 is 0 Å². The molecule has 0 aliphatic carbocycles. The first-order valence-electron chi connectivity index (χ1n) is 4.27. The van der Waals surface area contributed by atoms with E-state index in [1.807, 2.05) is 0 Å². The maximum absolute atomic E-state index is 13.4. The quantitative estimate of drug-likeness (QED) is 0.614. The normalized spacial score (nSPS) is 10.4. The van der Waals surface area contributed by atoms with Crippen LogP contribution in [0.1, 0.15) is 0 Å². The SMILES string of the molecule is Fc1cc(F)c(-c2cc(=S)nc[nH]2)cc1F. The molecule has 0 fully saturated rings. The van der Waals surface area contributed by atoms with Gasteiger partial charge in [-0.25, -0.2) is 18.2 Å². The molecule has 16 heavy (non-hydrogen) atoms. The van der Waals surface area contributed by atoms with Gasteiger partial charge in [0.05, 0.1) is 12.0 Å². The van der Waals surface area contributed by atoms with Crippen molar-refractivity contribution >= 4 is 12.2 Å². The first-order chi connectivity index (χ1) is 7.58. The predicted molar refractivity (Wildman–Crippen MR) is 54.7 cm³/mol. The summed E-state index contributed by atoms with van der Waals surface area (Å²) in [6, 6.07) is 2.62. The molecule has 82 valence electrons. The molecule has 1 N–H and O–H groups in total. The van der Waals surface area contributed by atoms with Gasteiger partial charge in [0, 0.05) is 11.6 Å². The van der Waals surface area contributed by atoms with Crippen LogP contribution in [0.15, 0.2) is 24.5 Å². The summed E-state index contributed by atoms with van der Waals surface area (Å²) in [4.78, 5) is 6.31. The van der Waals surface area contributed by atoms with Crippen molar-refractivity contribution in [3.05, 3.63) is 46.6 Å². The molecule has 6 heteroatoms. The average molecular weight is 242 g/mol. The molecule has 1 aromatic heterocycles. The molecular formula is C10H5F3N2S. The lowest BCUT2D eigenvalue weighted by Crippen LogP contribution is -1.93. The number of hydrogen-bond acceptors (Lipinski definition) is 2. The van der Waals surface area contributed by atoms with E-state index < -0.39 is 17.5 Å². The van der Waals surface area contributed by atoms with Crippen molar-refractivity contribution in [3.63, 3.8) is 0 Å². The Labute approximate surface area is 93.8 Å². The van der Waals surface area contributed by atoms with E-state index in [2.05, 4.69) is 9.97 Å². The van der Waals surface area contributed by atoms with E-state index in [0.29, 0.717) is 6.07 Å². The highest BCUT2D eigenvalue weighted by Gasteiger charge is 2.11. The van der Waals surface area contributed by atoms with Gasteiger partial charge in [-0.2, -0.15) is 0 Å². The third-order valence-corrected chi connectivity index (χ3v) is 2.20. The summed E-state index contributed by atoms with van der Waals surface area (Å²) in [5.41, 5.74) is 0.156. The third kappa shape index (κ3) is 1.96. The molecule has 0 unspecified atom stereocenters. The van der Waals surface area contributed by atoms with E-state index >= 15 is 0 Å². The summed E-state index contributed by atoms with van der Waals surface area (Å²) in [5.74, 6) is -3.21. The van der Waals surface area contributed by atoms with Gasteiger partial charge in [-0.15, -0.1) is 0 Å². The van der Waals surface area contributed by atoms with Crippen LogP contribution >= 0.6 is 12.2 Å². The van der Waals surface area contributed by atoms with E-state index in [0.717, 1.165) is 6.07 Å². The Hall–Kier alpha value is -1.69. The molecular weight excluding hydrogens is 237 g/mol. The molecule has 1 aromatic carbocycles. The molecule has 2 nitrogen and oxygen atoms in total. The number of hydrogen-bond donors (Lipinski definition) is 1. The molecule has 0 saturated carbocycles. The minimum Gasteiger partial charge on any atom is -0.346 e. The van der Waals surface area contributed by atoms with Crippen LogP contribution in [-0.2, 0) is 0 Å². The van der Waals surface area contributed by atoms with Crippen molar-refractivity contribution in [1.29, 1.82) is 0 Å². The second-order valence-corrected chi connectivity index (χ2v) is 3.46. The lowest BCUT2D eigenvalue weighted by Gasteiger charge is -2.03. The number of nitrogens with one attached hydrogen (secondary N) is 1. The average Bonchev–Trinajstić information content (AvgIpc) is 2.23. The smallest absolute Gasteiger partial charge is 0.161 e. The van der Waals surface area contributed by atoms with Crippen molar-refractivity contribution in [2.75, 3.05) is 0 Å². The van der Waals surface area contributed by atoms with Gasteiger partial charge in [-0.1, -0.05) is 12.2 Å². The van der Waals surface area contributed by atoms with Crippen molar-refractivity contribution in [1.82, 2.24) is 9.97 Å². The minimum atomic E-state index is -1.23. The van der Waals surface area contributed by atoms with E-state index in [1.165, 1.54) is 12.4 Å². The maximum Gasteiger partial charge on any atom is 0.161 e. The monoisotopic (exact) mass is 242 g/mol. The van der Waals surface area contributed by atoms with E-state index in [4.69, 9.17) is 12.2 Å². The molecule has 0 atom stereocenters. The molecule has 0 amide bonds. The number of H-pyrrole nitrogens is 1. The van der Waals surface area contributed by atoms with Crippen LogP contribution in [0.5, 0.6) is 0 Å². The summed E-state index contributed by atoms with van der Waals surface area (Å²) >= 11 is 4.78. The van der Waals surface area contributed by atoms with Gasteiger partial charge in [0.1, 0.15) is 10.5 Å². The summed E-state index contributed by atoms with van der Waals surface area (Å²) < 4.78 is 39.2. The first-order valence-corrected chi connectivity index (χ1v) is 4.68. The topological polar surface area (TPSA) is 28.7 Å². The summed E-state index contributed by atoms with van der Waals surface area (Å²) in [7, 11) is 0. The van der Waals surface area contributed by atoms with Crippen molar-refractivity contribution in [2.45, 2.75) is 0 Å². The number of halogens is 3. The van der Waals surface area contributed by atoms with Crippen LogP contribution in [0.25, 0.3) is 11.3 Å². The molecule has 0 bridgehead atoms. The summed E-state index contributed by atoms with van der Waals surface area (Å²) in [5, 5.41) is 0. The second kappa shape index (κ2) is 4.05. The first kappa shape index (κ1) is 10.8. The van der Waals surface area contributed by atoms with Crippen LogP contribution in [-0.4, -0.2) is 9.97 Å². The van der Waals surface area contributed by atoms with Gasteiger partial charge < -0.3 is 4.98 Å². The van der Waals surface area contributed by atoms with Gasteiger partial charge in [0.25, 0.3) is 0 Å². The lowest BCUT2D eigenvalue weighted by atomic mass is 10.1. The highest BCUT2D eigenvalue weighted by molar-refractivity contribution is 7.71. The van der Waals surface area contributed by atoms with Crippen molar-refractivity contribution < 1.29 is 13.2 Å². The van der Waals surface area contributed by atoms with Crippen LogP contribution in [0.4, 0.5) is 13.2 Å². The number of aromatic nitrogens is 2. The van der Waals surface area contributed by atoms with Gasteiger partial charge in [-0.3, -0.25) is 0 Å². The van der Waals surface area contributed by atoms with Gasteiger partial charge >= 0.3 is 0 Å². The largest absolute Gasteiger partial charge is 0.346 e. The van der Waals surface area contributed by atoms with E-state index in [1.54, 1.807) is 0 Å². The third-order valence-electron chi connectivity index (χ3n) is 1.98. The Balaban J connectivity index is 2.65. The second-order valence-electron chi connectivity index (χ2n) is 3.04. The Morgan fingerprint density at radius 3 is 2.38 bits per heavy atom. The summed E-state index contributed by atoms with van der Waals surface area (Å²) in [6.07, 6.45) is 1.26. The fourth-order valence-electron chi connectivity index (χ4n) is 1.25. The highest BCUT2D eigenvalue weighted by atomic mass is 32.1. The summed E-state index contributed by atoms with van der Waals surface area (Å²) in [6.45, 7) is 0. The molecule has 0 aliphatic heterocycles.